The van der Waals surface area contributed by atoms with E-state index < -0.39 is 0 Å². The number of hydrogen-bond acceptors (Lipinski definition) is 1. The molecule has 0 saturated carbocycles. The van der Waals surface area contributed by atoms with Crippen molar-refractivity contribution in [1.29, 1.82) is 0 Å². The summed E-state index contributed by atoms with van der Waals surface area (Å²) in [5, 5.41) is 0. The summed E-state index contributed by atoms with van der Waals surface area (Å²) in [7, 11) is 0. The minimum Gasteiger partial charge on any atom is -0.295 e. The zero-order chi connectivity index (χ0) is 7.56. The summed E-state index contributed by atoms with van der Waals surface area (Å²) in [5.41, 5.74) is 1.39. The third-order valence-electron chi connectivity index (χ3n) is 1.32. The van der Waals surface area contributed by atoms with Crippen molar-refractivity contribution in [2.45, 2.75) is 6.92 Å². The molecule has 0 heterocycles. The average Bonchev–Trinajstić information content (AvgIpc) is 1.88. The molecule has 0 atom stereocenters. The molecule has 0 aliphatic carbocycles. The van der Waals surface area contributed by atoms with Gasteiger partial charge in [0.1, 0.15) is 0 Å². The van der Waals surface area contributed by atoms with Gasteiger partial charge in [0.2, 0.25) is 0 Å². The summed E-state index contributed by atoms with van der Waals surface area (Å²) in [6.45, 7) is 6.95. The number of benzene rings is 1. The Morgan fingerprint density at radius 3 is 2.20 bits per heavy atom. The second-order valence-corrected chi connectivity index (χ2v) is 2.18. The van der Waals surface area contributed by atoms with Gasteiger partial charge in [-0.25, -0.2) is 0 Å². The molecular formula is C9H8O. The summed E-state index contributed by atoms with van der Waals surface area (Å²) in [4.78, 5) is 10.7. The Bertz CT molecular complexity index is 233. The summed E-state index contributed by atoms with van der Waals surface area (Å²) < 4.78 is 0. The van der Waals surface area contributed by atoms with Crippen LogP contribution in [0, 0.1) is 6.92 Å². The van der Waals surface area contributed by atoms with Gasteiger partial charge in [-0.15, -0.1) is 0 Å². The fourth-order valence-electron chi connectivity index (χ4n) is 0.718. The number of ketones is 1. The monoisotopic (exact) mass is 132 g/mol. The third-order valence-corrected chi connectivity index (χ3v) is 1.32. The molecule has 0 bridgehead atoms. The van der Waals surface area contributed by atoms with Crippen LogP contribution in [-0.4, -0.2) is 5.78 Å². The van der Waals surface area contributed by atoms with Gasteiger partial charge in [-0.2, -0.15) is 0 Å². The third kappa shape index (κ3) is 1.44. The molecule has 0 amide bonds. The Morgan fingerprint density at radius 2 is 1.80 bits per heavy atom. The molecule has 0 fully saturated rings. The maximum absolute atomic E-state index is 10.7. The molecule has 0 unspecified atom stereocenters. The van der Waals surface area contributed by atoms with Gasteiger partial charge in [0.15, 0.2) is 5.78 Å². The van der Waals surface area contributed by atoms with Crippen LogP contribution in [0.5, 0.6) is 0 Å². The van der Waals surface area contributed by atoms with Crippen molar-refractivity contribution in [2.24, 2.45) is 0 Å². The molecule has 0 saturated heterocycles. The van der Waals surface area contributed by atoms with E-state index in [2.05, 4.69) is 0 Å². The van der Waals surface area contributed by atoms with Gasteiger partial charge in [0, 0.05) is 5.56 Å². The maximum Gasteiger partial charge on any atom is 0.159 e. The van der Waals surface area contributed by atoms with E-state index in [4.69, 9.17) is 6.92 Å². The number of carbonyl (C=O) groups excluding carboxylic acids is 1. The molecule has 50 valence electrons. The molecule has 0 aliphatic rings. The van der Waals surface area contributed by atoms with Crippen LogP contribution >= 0.6 is 0 Å². The summed E-state index contributed by atoms with van der Waals surface area (Å²) in [6, 6.07) is 6.88. The van der Waals surface area contributed by atoms with Crippen LogP contribution in [0.15, 0.2) is 24.3 Å². The molecule has 1 rings (SSSR count). The minimum atomic E-state index is 0.0694. The van der Waals surface area contributed by atoms with Crippen LogP contribution in [0.4, 0.5) is 0 Å². The van der Waals surface area contributed by atoms with Crippen molar-refractivity contribution in [3.63, 3.8) is 0 Å². The topological polar surface area (TPSA) is 17.1 Å². The van der Waals surface area contributed by atoms with Crippen molar-refractivity contribution >= 4 is 5.78 Å². The first-order chi connectivity index (χ1) is 4.70. The molecule has 0 aliphatic heterocycles. The second kappa shape index (κ2) is 2.65. The number of hydrogen-bond donors (Lipinski definition) is 0. The fraction of sp³-hybridized carbons (Fsp3) is 0.111. The quantitative estimate of drug-likeness (QED) is 0.534. The first kappa shape index (κ1) is 7.00. The Morgan fingerprint density at radius 1 is 1.30 bits per heavy atom. The average molecular weight is 132 g/mol. The Labute approximate surface area is 60.7 Å². The van der Waals surface area contributed by atoms with Gasteiger partial charge in [0.05, 0.1) is 0 Å². The molecule has 1 aromatic rings. The lowest BCUT2D eigenvalue weighted by Crippen LogP contribution is -1.90. The lowest BCUT2D eigenvalue weighted by molar-refractivity contribution is 0.101. The van der Waals surface area contributed by atoms with E-state index in [1.165, 1.54) is 6.92 Å². The van der Waals surface area contributed by atoms with Crippen molar-refractivity contribution in [3.05, 3.63) is 42.3 Å². The van der Waals surface area contributed by atoms with Crippen LogP contribution < -0.4 is 0 Å². The van der Waals surface area contributed by atoms with E-state index in [-0.39, 0.29) is 5.78 Å². The normalized spacial score (nSPS) is 9.40. The van der Waals surface area contributed by atoms with E-state index >= 15 is 0 Å². The summed E-state index contributed by atoms with van der Waals surface area (Å²) >= 11 is 0. The fourth-order valence-corrected chi connectivity index (χ4v) is 0.718. The molecule has 0 N–H and O–H groups in total. The molecule has 10 heavy (non-hydrogen) atoms. The zero-order valence-electron chi connectivity index (χ0n) is 5.79. The molecule has 2 radical (unpaired) electrons. The lowest BCUT2D eigenvalue weighted by Gasteiger charge is -1.93. The minimum absolute atomic E-state index is 0.0694. The number of Topliss-reactive ketones (excluding diaryl/α,β-unsaturated/α-hetero) is 1. The number of rotatable bonds is 1. The highest BCUT2D eigenvalue weighted by Crippen LogP contribution is 2.02. The standard InChI is InChI=1S/C9H8O/c1-7-3-5-9(6-4-7)8(2)10/h1,3-6H,2H3. The number of carbonyl (C=O) groups is 1. The van der Waals surface area contributed by atoms with Gasteiger partial charge in [0.25, 0.3) is 0 Å². The van der Waals surface area contributed by atoms with Gasteiger partial charge in [-0.05, 0) is 19.4 Å². The molecule has 1 aromatic carbocycles. The highest BCUT2D eigenvalue weighted by atomic mass is 16.1. The van der Waals surface area contributed by atoms with E-state index in [9.17, 15) is 4.79 Å². The van der Waals surface area contributed by atoms with E-state index in [1.807, 2.05) is 0 Å². The second-order valence-electron chi connectivity index (χ2n) is 2.18. The van der Waals surface area contributed by atoms with Crippen LogP contribution in [0.3, 0.4) is 0 Å². The summed E-state index contributed by atoms with van der Waals surface area (Å²) in [6.07, 6.45) is 0. The van der Waals surface area contributed by atoms with Crippen molar-refractivity contribution < 1.29 is 4.79 Å². The van der Waals surface area contributed by atoms with Gasteiger partial charge in [-0.3, -0.25) is 4.79 Å². The maximum atomic E-state index is 10.7. The summed E-state index contributed by atoms with van der Waals surface area (Å²) in [5.74, 6) is 0.0694. The molecule has 1 nitrogen and oxygen atoms in total. The molecule has 0 spiro atoms. The highest BCUT2D eigenvalue weighted by Gasteiger charge is 1.95. The highest BCUT2D eigenvalue weighted by molar-refractivity contribution is 5.94. The zero-order valence-corrected chi connectivity index (χ0v) is 5.79. The van der Waals surface area contributed by atoms with Crippen LogP contribution in [0.2, 0.25) is 0 Å². The first-order valence-electron chi connectivity index (χ1n) is 3.06. The van der Waals surface area contributed by atoms with Gasteiger partial charge < -0.3 is 0 Å². The SMILES string of the molecule is [CH]c1ccc(C(C)=O)cc1. The predicted octanol–water partition coefficient (Wildman–Crippen LogP) is 1.95. The molecular weight excluding hydrogens is 124 g/mol. The smallest absolute Gasteiger partial charge is 0.159 e. The van der Waals surface area contributed by atoms with Crippen molar-refractivity contribution in [1.82, 2.24) is 0 Å². The Balaban J connectivity index is 3.00. The first-order valence-corrected chi connectivity index (χ1v) is 3.06. The van der Waals surface area contributed by atoms with E-state index in [0.29, 0.717) is 11.1 Å². The predicted molar refractivity (Wildman–Crippen MR) is 39.8 cm³/mol. The van der Waals surface area contributed by atoms with E-state index in [1.54, 1.807) is 24.3 Å². The van der Waals surface area contributed by atoms with Crippen LogP contribution in [0.1, 0.15) is 22.8 Å². The van der Waals surface area contributed by atoms with Crippen molar-refractivity contribution in [3.8, 4) is 0 Å². The van der Waals surface area contributed by atoms with Crippen molar-refractivity contribution in [2.75, 3.05) is 0 Å². The van der Waals surface area contributed by atoms with Gasteiger partial charge >= 0.3 is 0 Å². The molecule has 0 aromatic heterocycles. The van der Waals surface area contributed by atoms with E-state index in [0.717, 1.165) is 0 Å². The van der Waals surface area contributed by atoms with Gasteiger partial charge in [-0.1, -0.05) is 24.3 Å². The Hall–Kier alpha value is -1.11. The Kier molecular flexibility index (Phi) is 1.86. The largest absolute Gasteiger partial charge is 0.295 e. The van der Waals surface area contributed by atoms with Crippen LogP contribution in [-0.2, 0) is 0 Å². The molecule has 1 heteroatoms. The van der Waals surface area contributed by atoms with Crippen LogP contribution in [0.25, 0.3) is 0 Å². The lowest BCUT2D eigenvalue weighted by atomic mass is 10.1.